The number of nitrogens with one attached hydrogen (secondary N) is 1. The van der Waals surface area contributed by atoms with Gasteiger partial charge in [0.2, 0.25) is 0 Å². The second-order valence-corrected chi connectivity index (χ2v) is 5.32. The van der Waals surface area contributed by atoms with Crippen LogP contribution in [-0.4, -0.2) is 5.91 Å². The number of halogens is 1. The highest BCUT2D eigenvalue weighted by Gasteiger charge is 2.14. The fourth-order valence-electron chi connectivity index (χ4n) is 1.44. The van der Waals surface area contributed by atoms with E-state index in [-0.39, 0.29) is 5.91 Å². The van der Waals surface area contributed by atoms with Crippen molar-refractivity contribution in [3.8, 4) is 0 Å². The zero-order chi connectivity index (χ0) is 13.0. The number of nitrogens with two attached hydrogens (primary N) is 1. The maximum Gasteiger partial charge on any atom is 0.268 e. The molecule has 0 saturated heterocycles. The van der Waals surface area contributed by atoms with Gasteiger partial charge in [-0.2, -0.15) is 0 Å². The summed E-state index contributed by atoms with van der Waals surface area (Å²) in [4.78, 5) is 12.5. The molecule has 2 rings (SSSR count). The predicted molar refractivity (Wildman–Crippen MR) is 74.1 cm³/mol. The Kier molecular flexibility index (Phi) is 4.46. The van der Waals surface area contributed by atoms with E-state index in [2.05, 4.69) is 21.4 Å². The number of benzene rings is 1. The first-order valence-electron chi connectivity index (χ1n) is 5.17. The van der Waals surface area contributed by atoms with Crippen LogP contribution in [0.2, 0.25) is 0 Å². The van der Waals surface area contributed by atoms with Crippen LogP contribution in [0.3, 0.4) is 0 Å². The van der Waals surface area contributed by atoms with Crippen LogP contribution in [0.4, 0.5) is 0 Å². The molecular formula is C12H11BrN2O2S. The third-order valence-corrected chi connectivity index (χ3v) is 4.34. The maximum absolute atomic E-state index is 11.5. The summed E-state index contributed by atoms with van der Waals surface area (Å²) in [5.41, 5.74) is 2.57. The van der Waals surface area contributed by atoms with Gasteiger partial charge in [0, 0.05) is 9.37 Å². The summed E-state index contributed by atoms with van der Waals surface area (Å²) in [7, 11) is 0. The van der Waals surface area contributed by atoms with Crippen LogP contribution in [0.25, 0.3) is 0 Å². The molecule has 0 bridgehead atoms. The second kappa shape index (κ2) is 6.08. The number of carbonyl (C=O) groups is 1. The lowest BCUT2D eigenvalue weighted by molar-refractivity contribution is 0.0952. The van der Waals surface area contributed by atoms with E-state index in [4.69, 9.17) is 10.3 Å². The van der Waals surface area contributed by atoms with Crippen molar-refractivity contribution in [3.63, 3.8) is 0 Å². The Morgan fingerprint density at radius 1 is 1.39 bits per heavy atom. The van der Waals surface area contributed by atoms with Gasteiger partial charge in [0.15, 0.2) is 0 Å². The van der Waals surface area contributed by atoms with E-state index in [1.54, 1.807) is 17.8 Å². The number of carbonyl (C=O) groups excluding carboxylic acids is 1. The first-order chi connectivity index (χ1) is 8.72. The van der Waals surface area contributed by atoms with Gasteiger partial charge in [0.05, 0.1) is 17.6 Å². The topological polar surface area (TPSA) is 68.3 Å². The molecule has 0 radical (unpaired) electrons. The number of furan rings is 1. The summed E-state index contributed by atoms with van der Waals surface area (Å²) in [6.07, 6.45) is 1.49. The van der Waals surface area contributed by atoms with Gasteiger partial charge in [-0.1, -0.05) is 12.1 Å². The number of nitrogen functional groups attached to an aromatic ring is 1. The molecule has 0 aliphatic carbocycles. The number of hydrogen-bond acceptors (Lipinski definition) is 4. The number of amides is 1. The number of hydrazine groups is 1. The summed E-state index contributed by atoms with van der Waals surface area (Å²) in [6.45, 7) is 0. The van der Waals surface area contributed by atoms with E-state index in [1.165, 1.54) is 6.26 Å². The minimum absolute atomic E-state index is 0.341. The third kappa shape index (κ3) is 2.95. The highest BCUT2D eigenvalue weighted by molar-refractivity contribution is 9.10. The third-order valence-electron chi connectivity index (χ3n) is 2.32. The van der Waals surface area contributed by atoms with Crippen LogP contribution >= 0.6 is 27.7 Å². The molecule has 0 atom stereocenters. The van der Waals surface area contributed by atoms with Gasteiger partial charge in [0.1, 0.15) is 5.76 Å². The average Bonchev–Trinajstić information content (AvgIpc) is 2.85. The number of rotatable bonds is 4. The molecule has 1 heterocycles. The molecule has 0 aliphatic heterocycles. The Bertz CT molecular complexity index is 557. The van der Waals surface area contributed by atoms with Crippen molar-refractivity contribution < 1.29 is 9.21 Å². The van der Waals surface area contributed by atoms with Crippen LogP contribution in [0.5, 0.6) is 0 Å². The second-order valence-electron chi connectivity index (χ2n) is 3.45. The van der Waals surface area contributed by atoms with Crippen LogP contribution in [0, 0.1) is 0 Å². The zero-order valence-electron chi connectivity index (χ0n) is 9.35. The Hall–Kier alpha value is -1.24. The van der Waals surface area contributed by atoms with E-state index < -0.39 is 0 Å². The molecule has 0 fully saturated rings. The molecule has 18 heavy (non-hydrogen) atoms. The highest BCUT2D eigenvalue weighted by Crippen LogP contribution is 2.30. The first-order valence-corrected chi connectivity index (χ1v) is 6.95. The number of hydrogen-bond donors (Lipinski definition) is 2. The van der Waals surface area contributed by atoms with Gasteiger partial charge < -0.3 is 4.42 Å². The van der Waals surface area contributed by atoms with Gasteiger partial charge in [-0.3, -0.25) is 10.2 Å². The Balaban J connectivity index is 2.09. The van der Waals surface area contributed by atoms with Crippen molar-refractivity contribution in [1.29, 1.82) is 0 Å². The molecule has 4 nitrogen and oxygen atoms in total. The monoisotopic (exact) mass is 326 g/mol. The summed E-state index contributed by atoms with van der Waals surface area (Å²) in [6, 6.07) is 9.49. The normalized spacial score (nSPS) is 10.3. The zero-order valence-corrected chi connectivity index (χ0v) is 11.8. The summed E-state index contributed by atoms with van der Waals surface area (Å²) in [5, 5.41) is 0. The molecule has 0 aliphatic rings. The minimum atomic E-state index is -0.341. The summed E-state index contributed by atoms with van der Waals surface area (Å²) < 4.78 is 6.32. The van der Waals surface area contributed by atoms with Crippen LogP contribution in [-0.2, 0) is 5.75 Å². The smallest absolute Gasteiger partial charge is 0.268 e. The Morgan fingerprint density at radius 2 is 2.17 bits per heavy atom. The molecule has 2 aromatic rings. The lowest BCUT2D eigenvalue weighted by Gasteiger charge is -2.04. The van der Waals surface area contributed by atoms with E-state index in [0.29, 0.717) is 17.1 Å². The molecule has 3 N–H and O–H groups in total. The molecule has 0 saturated carbocycles. The molecule has 0 spiro atoms. The SMILES string of the molecule is NNC(=O)c1ccoc1CSc1ccccc1Br. The van der Waals surface area contributed by atoms with Gasteiger partial charge >= 0.3 is 0 Å². The average molecular weight is 327 g/mol. The summed E-state index contributed by atoms with van der Waals surface area (Å²) >= 11 is 5.06. The lowest BCUT2D eigenvalue weighted by atomic mass is 10.2. The molecule has 0 unspecified atom stereocenters. The quantitative estimate of drug-likeness (QED) is 0.392. The van der Waals surface area contributed by atoms with Crippen LogP contribution < -0.4 is 11.3 Å². The highest BCUT2D eigenvalue weighted by atomic mass is 79.9. The molecule has 1 amide bonds. The largest absolute Gasteiger partial charge is 0.468 e. The van der Waals surface area contributed by atoms with Crippen molar-refractivity contribution in [2.24, 2.45) is 5.84 Å². The van der Waals surface area contributed by atoms with Crippen molar-refractivity contribution >= 4 is 33.6 Å². The van der Waals surface area contributed by atoms with Gasteiger partial charge in [-0.05, 0) is 34.1 Å². The molecule has 6 heteroatoms. The van der Waals surface area contributed by atoms with E-state index in [1.807, 2.05) is 24.3 Å². The first kappa shape index (κ1) is 13.2. The van der Waals surface area contributed by atoms with E-state index in [0.717, 1.165) is 9.37 Å². The fourth-order valence-corrected chi connectivity index (χ4v) is 2.96. The predicted octanol–water partition coefficient (Wildman–Crippen LogP) is 2.94. The molecule has 1 aromatic heterocycles. The molecular weight excluding hydrogens is 316 g/mol. The van der Waals surface area contributed by atoms with E-state index >= 15 is 0 Å². The maximum atomic E-state index is 11.5. The van der Waals surface area contributed by atoms with Gasteiger partial charge in [-0.25, -0.2) is 5.84 Å². The van der Waals surface area contributed by atoms with Crippen LogP contribution in [0.1, 0.15) is 16.1 Å². The molecule has 1 aromatic carbocycles. The Labute approximate surface area is 117 Å². The number of thioether (sulfide) groups is 1. The van der Waals surface area contributed by atoms with Crippen molar-refractivity contribution in [2.45, 2.75) is 10.6 Å². The standard InChI is InChI=1S/C12H11BrN2O2S/c13-9-3-1-2-4-11(9)18-7-10-8(5-6-17-10)12(16)15-14/h1-6H,7,14H2,(H,15,16). The van der Waals surface area contributed by atoms with E-state index in [9.17, 15) is 4.79 Å². The Morgan fingerprint density at radius 3 is 2.89 bits per heavy atom. The van der Waals surface area contributed by atoms with Crippen molar-refractivity contribution in [3.05, 3.63) is 52.4 Å². The van der Waals surface area contributed by atoms with Crippen molar-refractivity contribution in [1.82, 2.24) is 5.43 Å². The van der Waals surface area contributed by atoms with Crippen LogP contribution in [0.15, 0.2) is 50.4 Å². The lowest BCUT2D eigenvalue weighted by Crippen LogP contribution is -2.30. The van der Waals surface area contributed by atoms with Crippen molar-refractivity contribution in [2.75, 3.05) is 0 Å². The fraction of sp³-hybridized carbons (Fsp3) is 0.0833. The van der Waals surface area contributed by atoms with Gasteiger partial charge in [0.25, 0.3) is 5.91 Å². The summed E-state index contributed by atoms with van der Waals surface area (Å²) in [5.74, 6) is 5.94. The minimum Gasteiger partial charge on any atom is -0.468 e. The molecule has 94 valence electrons. The van der Waals surface area contributed by atoms with Gasteiger partial charge in [-0.15, -0.1) is 11.8 Å².